The highest BCUT2D eigenvalue weighted by atomic mass is 35.5. The zero-order chi connectivity index (χ0) is 21.9. The zero-order valence-corrected chi connectivity index (χ0v) is 16.9. The first-order valence-electron chi connectivity index (χ1n) is 9.67. The van der Waals surface area contributed by atoms with E-state index in [1.54, 1.807) is 16.7 Å². The molecule has 0 unspecified atom stereocenters. The normalized spacial score (nSPS) is 14.1. The van der Waals surface area contributed by atoms with E-state index in [2.05, 4.69) is 0 Å². The lowest BCUT2D eigenvalue weighted by atomic mass is 9.96. The van der Waals surface area contributed by atoms with Crippen molar-refractivity contribution in [2.75, 3.05) is 0 Å². The zero-order valence-electron chi connectivity index (χ0n) is 16.2. The molecule has 0 fully saturated rings. The summed E-state index contributed by atoms with van der Waals surface area (Å²) in [4.78, 5) is 0. The minimum atomic E-state index is -0.992. The highest BCUT2D eigenvalue weighted by Crippen LogP contribution is 2.54. The van der Waals surface area contributed by atoms with Crippen LogP contribution in [0.1, 0.15) is 18.4 Å². The van der Waals surface area contributed by atoms with Gasteiger partial charge in [0.15, 0.2) is 11.5 Å². The van der Waals surface area contributed by atoms with Crippen molar-refractivity contribution >= 4 is 39.0 Å². The first-order valence-corrected chi connectivity index (χ1v) is 10.0. The standard InChI is InChI=1S/C24H18ClNO5/c25-14-5-3-4-12(10-14)13-8-9-16-15-6-1-2-7-17(15)26(18(16)11-13)19-20(27)22(29)24(31)23(30)21(19)28/h1-2,5-11,27-31H,3-4H2. The van der Waals surface area contributed by atoms with Gasteiger partial charge >= 0.3 is 0 Å². The van der Waals surface area contributed by atoms with Gasteiger partial charge in [-0.3, -0.25) is 0 Å². The van der Waals surface area contributed by atoms with Gasteiger partial charge in [0.1, 0.15) is 5.69 Å². The largest absolute Gasteiger partial charge is 0.503 e. The van der Waals surface area contributed by atoms with Crippen LogP contribution in [0.15, 0.2) is 59.6 Å². The number of aromatic hydroxyl groups is 5. The van der Waals surface area contributed by atoms with E-state index < -0.39 is 28.7 Å². The molecule has 0 saturated heterocycles. The minimum Gasteiger partial charge on any atom is -0.503 e. The molecule has 6 nitrogen and oxygen atoms in total. The average Bonchev–Trinajstić information content (AvgIpc) is 3.10. The van der Waals surface area contributed by atoms with Gasteiger partial charge in [0.05, 0.1) is 11.0 Å². The molecule has 5 rings (SSSR count). The van der Waals surface area contributed by atoms with Crippen molar-refractivity contribution in [1.82, 2.24) is 4.57 Å². The number of nitrogens with zero attached hydrogens (tertiary/aromatic N) is 1. The number of benzene rings is 3. The van der Waals surface area contributed by atoms with E-state index in [4.69, 9.17) is 11.6 Å². The molecule has 3 aromatic carbocycles. The monoisotopic (exact) mass is 435 g/mol. The van der Waals surface area contributed by atoms with E-state index in [9.17, 15) is 25.5 Å². The van der Waals surface area contributed by atoms with E-state index in [1.807, 2.05) is 42.5 Å². The van der Waals surface area contributed by atoms with Crippen molar-refractivity contribution in [3.8, 4) is 34.4 Å². The van der Waals surface area contributed by atoms with Crippen LogP contribution in [0, 0.1) is 0 Å². The lowest BCUT2D eigenvalue weighted by Crippen LogP contribution is -1.97. The summed E-state index contributed by atoms with van der Waals surface area (Å²) in [6.45, 7) is 0. The van der Waals surface area contributed by atoms with E-state index in [0.717, 1.165) is 34.8 Å². The molecule has 0 amide bonds. The lowest BCUT2D eigenvalue weighted by molar-refractivity contribution is 0.327. The number of rotatable bonds is 2. The van der Waals surface area contributed by atoms with Crippen LogP contribution < -0.4 is 0 Å². The maximum absolute atomic E-state index is 10.6. The lowest BCUT2D eigenvalue weighted by Gasteiger charge is -2.16. The predicted molar refractivity (Wildman–Crippen MR) is 120 cm³/mol. The third-order valence-electron chi connectivity index (χ3n) is 5.68. The molecule has 0 aliphatic heterocycles. The number of phenolic OH excluding ortho intramolecular Hbond substituents is 5. The molecule has 0 bridgehead atoms. The Bertz CT molecular complexity index is 1420. The number of fused-ring (bicyclic) bond motifs is 3. The highest BCUT2D eigenvalue weighted by molar-refractivity contribution is 6.31. The average molecular weight is 436 g/mol. The van der Waals surface area contributed by atoms with Crippen LogP contribution in [-0.4, -0.2) is 30.1 Å². The fourth-order valence-corrected chi connectivity index (χ4v) is 4.43. The predicted octanol–water partition coefficient (Wildman–Crippen LogP) is 5.61. The van der Waals surface area contributed by atoms with E-state index in [0.29, 0.717) is 16.1 Å². The van der Waals surface area contributed by atoms with Gasteiger partial charge in [-0.2, -0.15) is 0 Å². The molecule has 0 saturated carbocycles. The third kappa shape index (κ3) is 2.79. The third-order valence-corrected chi connectivity index (χ3v) is 5.94. The Balaban J connectivity index is 1.90. The summed E-state index contributed by atoms with van der Waals surface area (Å²) in [7, 11) is 0. The van der Waals surface area contributed by atoms with Crippen LogP contribution >= 0.6 is 11.6 Å². The Morgan fingerprint density at radius 1 is 0.742 bits per heavy atom. The SMILES string of the molecule is Oc1c(O)c(O)c(-n2c3ccccc3c3ccc(C4=CC(Cl)=CCC4)cc32)c(O)c1O. The Morgan fingerprint density at radius 3 is 2.10 bits per heavy atom. The van der Waals surface area contributed by atoms with Crippen LogP contribution in [0.3, 0.4) is 0 Å². The Hall–Kier alpha value is -3.77. The second kappa shape index (κ2) is 6.89. The van der Waals surface area contributed by atoms with Crippen molar-refractivity contribution in [2.24, 2.45) is 0 Å². The molecule has 7 heteroatoms. The van der Waals surface area contributed by atoms with Crippen molar-refractivity contribution < 1.29 is 25.5 Å². The van der Waals surface area contributed by atoms with Gasteiger partial charge in [-0.25, -0.2) is 0 Å². The van der Waals surface area contributed by atoms with Crippen LogP contribution in [0.5, 0.6) is 28.7 Å². The second-order valence-electron chi connectivity index (χ2n) is 7.47. The van der Waals surface area contributed by atoms with Gasteiger partial charge in [0.25, 0.3) is 0 Å². The van der Waals surface area contributed by atoms with Crippen LogP contribution in [0.25, 0.3) is 33.1 Å². The Kier molecular flexibility index (Phi) is 4.27. The maximum Gasteiger partial charge on any atom is 0.208 e. The second-order valence-corrected chi connectivity index (χ2v) is 7.91. The van der Waals surface area contributed by atoms with Gasteiger partial charge < -0.3 is 30.1 Å². The first kappa shape index (κ1) is 19.2. The number of phenols is 5. The van der Waals surface area contributed by atoms with Gasteiger partial charge in [-0.05, 0) is 42.2 Å². The molecule has 5 N–H and O–H groups in total. The van der Waals surface area contributed by atoms with Crippen molar-refractivity contribution in [2.45, 2.75) is 12.8 Å². The summed E-state index contributed by atoms with van der Waals surface area (Å²) in [5.74, 6) is -4.32. The molecule has 0 atom stereocenters. The van der Waals surface area contributed by atoms with Crippen molar-refractivity contribution in [3.05, 3.63) is 65.2 Å². The number of para-hydroxylation sites is 1. The van der Waals surface area contributed by atoms with E-state index in [1.165, 1.54) is 0 Å². The van der Waals surface area contributed by atoms with E-state index in [-0.39, 0.29) is 5.69 Å². The Morgan fingerprint density at radius 2 is 1.39 bits per heavy atom. The van der Waals surface area contributed by atoms with Gasteiger partial charge in [-0.15, -0.1) is 0 Å². The summed E-state index contributed by atoms with van der Waals surface area (Å²) in [6.07, 6.45) is 5.51. The highest BCUT2D eigenvalue weighted by Gasteiger charge is 2.27. The summed E-state index contributed by atoms with van der Waals surface area (Å²) < 4.78 is 1.55. The number of hydrogen-bond acceptors (Lipinski definition) is 5. The summed E-state index contributed by atoms with van der Waals surface area (Å²) in [6, 6.07) is 13.2. The molecular formula is C24H18ClNO5. The maximum atomic E-state index is 10.6. The van der Waals surface area contributed by atoms with Crippen LogP contribution in [0.2, 0.25) is 0 Å². The minimum absolute atomic E-state index is 0.230. The fourth-order valence-electron chi connectivity index (χ4n) is 4.19. The fraction of sp³-hybridized carbons (Fsp3) is 0.0833. The summed E-state index contributed by atoms with van der Waals surface area (Å²) >= 11 is 6.20. The number of aromatic nitrogens is 1. The Labute approximate surface area is 181 Å². The first-order chi connectivity index (χ1) is 14.9. The number of allylic oxidation sites excluding steroid dienone is 4. The van der Waals surface area contributed by atoms with Gasteiger partial charge in [0.2, 0.25) is 17.2 Å². The van der Waals surface area contributed by atoms with Crippen LogP contribution in [0.4, 0.5) is 0 Å². The van der Waals surface area contributed by atoms with Gasteiger partial charge in [0, 0.05) is 15.8 Å². The van der Waals surface area contributed by atoms with Crippen molar-refractivity contribution in [1.29, 1.82) is 0 Å². The molecular weight excluding hydrogens is 418 g/mol. The molecule has 31 heavy (non-hydrogen) atoms. The molecule has 4 aromatic rings. The smallest absolute Gasteiger partial charge is 0.208 e. The molecule has 1 aliphatic carbocycles. The molecule has 0 radical (unpaired) electrons. The topological polar surface area (TPSA) is 106 Å². The molecule has 1 aromatic heterocycles. The summed E-state index contributed by atoms with van der Waals surface area (Å²) in [5.41, 5.74) is 3.03. The molecule has 1 aliphatic rings. The molecule has 0 spiro atoms. The number of hydrogen-bond donors (Lipinski definition) is 5. The van der Waals surface area contributed by atoms with Gasteiger partial charge in [-0.1, -0.05) is 48.0 Å². The van der Waals surface area contributed by atoms with Crippen LogP contribution in [-0.2, 0) is 0 Å². The number of halogens is 1. The van der Waals surface area contributed by atoms with Crippen molar-refractivity contribution in [3.63, 3.8) is 0 Å². The molecule has 156 valence electrons. The van der Waals surface area contributed by atoms with E-state index >= 15 is 0 Å². The molecule has 1 heterocycles. The quantitative estimate of drug-likeness (QED) is 0.208. The summed E-state index contributed by atoms with van der Waals surface area (Å²) in [5, 5.41) is 53.6.